The summed E-state index contributed by atoms with van der Waals surface area (Å²) < 4.78 is 10.7. The monoisotopic (exact) mass is 265 g/mol. The number of benzene rings is 1. The molecule has 0 saturated carbocycles. The average molecular weight is 266 g/mol. The van der Waals surface area contributed by atoms with Crippen LogP contribution in [0.1, 0.15) is 23.0 Å². The molecule has 2 aromatic rings. The van der Waals surface area contributed by atoms with E-state index in [9.17, 15) is 4.79 Å². The minimum absolute atomic E-state index is 0.294. The Kier molecular flexibility index (Phi) is 3.67. The predicted octanol–water partition coefficient (Wildman–Crippen LogP) is 3.51. The summed E-state index contributed by atoms with van der Waals surface area (Å²) in [4.78, 5) is 10.8. The van der Waals surface area contributed by atoms with Crippen LogP contribution in [0.4, 0.5) is 0 Å². The summed E-state index contributed by atoms with van der Waals surface area (Å²) in [6.45, 7) is 4.18. The molecule has 94 valence electrons. The Labute approximate surface area is 109 Å². The molecule has 0 bridgehead atoms. The van der Waals surface area contributed by atoms with Crippen molar-refractivity contribution in [2.75, 3.05) is 6.61 Å². The summed E-state index contributed by atoms with van der Waals surface area (Å²) in [5, 5.41) is 4.28. The fraction of sp³-hybridized carbons (Fsp3) is 0.231. The van der Waals surface area contributed by atoms with Gasteiger partial charge in [0.1, 0.15) is 11.4 Å². The highest BCUT2D eigenvalue weighted by Crippen LogP contribution is 2.35. The van der Waals surface area contributed by atoms with Crippen LogP contribution >= 0.6 is 11.6 Å². The smallest absolute Gasteiger partial charge is 0.174 e. The summed E-state index contributed by atoms with van der Waals surface area (Å²) in [6, 6.07) is 5.24. The molecule has 0 spiro atoms. The van der Waals surface area contributed by atoms with Gasteiger partial charge in [0.05, 0.1) is 12.2 Å². The Morgan fingerprint density at radius 3 is 2.89 bits per heavy atom. The molecule has 0 unspecified atom stereocenters. The zero-order valence-electron chi connectivity index (χ0n) is 10.1. The summed E-state index contributed by atoms with van der Waals surface area (Å²) in [6.07, 6.45) is 0.665. The second-order valence-corrected chi connectivity index (χ2v) is 4.15. The zero-order valence-corrected chi connectivity index (χ0v) is 10.8. The van der Waals surface area contributed by atoms with Crippen molar-refractivity contribution in [1.29, 1.82) is 0 Å². The number of hydrogen-bond acceptors (Lipinski definition) is 4. The Morgan fingerprint density at radius 1 is 1.50 bits per heavy atom. The number of rotatable bonds is 4. The maximum absolute atomic E-state index is 10.8. The standard InChI is InChI=1S/C13H12ClNO3/c1-3-17-12-6-9(14)4-5-10(12)13-8(2)11(7-16)15-18-13/h4-7H,3H2,1-2H3. The zero-order chi connectivity index (χ0) is 13.1. The van der Waals surface area contributed by atoms with Crippen LogP contribution in [0.5, 0.6) is 5.75 Å². The van der Waals surface area contributed by atoms with Crippen molar-refractivity contribution in [2.24, 2.45) is 0 Å². The van der Waals surface area contributed by atoms with Crippen LogP contribution in [-0.2, 0) is 0 Å². The minimum Gasteiger partial charge on any atom is -0.493 e. The first-order valence-corrected chi connectivity index (χ1v) is 5.89. The lowest BCUT2D eigenvalue weighted by Crippen LogP contribution is -1.94. The normalized spacial score (nSPS) is 10.4. The third kappa shape index (κ3) is 2.24. The van der Waals surface area contributed by atoms with Gasteiger partial charge in [-0.1, -0.05) is 16.8 Å². The number of aldehydes is 1. The molecule has 1 heterocycles. The Balaban J connectivity index is 2.55. The number of aromatic nitrogens is 1. The maximum atomic E-state index is 10.8. The summed E-state index contributed by atoms with van der Waals surface area (Å²) in [5.74, 6) is 1.14. The molecule has 0 radical (unpaired) electrons. The summed E-state index contributed by atoms with van der Waals surface area (Å²) >= 11 is 5.93. The molecule has 0 saturated heterocycles. The van der Waals surface area contributed by atoms with E-state index in [1.165, 1.54) is 0 Å². The van der Waals surface area contributed by atoms with E-state index in [0.29, 0.717) is 40.7 Å². The van der Waals surface area contributed by atoms with Crippen LogP contribution < -0.4 is 4.74 Å². The highest BCUT2D eigenvalue weighted by molar-refractivity contribution is 6.30. The van der Waals surface area contributed by atoms with Gasteiger partial charge in [0.2, 0.25) is 0 Å². The lowest BCUT2D eigenvalue weighted by molar-refractivity contribution is 0.111. The van der Waals surface area contributed by atoms with E-state index in [4.69, 9.17) is 20.9 Å². The first-order chi connectivity index (χ1) is 8.67. The van der Waals surface area contributed by atoms with E-state index < -0.39 is 0 Å². The van der Waals surface area contributed by atoms with Crippen LogP contribution in [0.25, 0.3) is 11.3 Å². The molecule has 1 aromatic carbocycles. The van der Waals surface area contributed by atoms with Crippen molar-refractivity contribution in [1.82, 2.24) is 5.16 Å². The molecule has 1 aromatic heterocycles. The largest absolute Gasteiger partial charge is 0.493 e. The number of carbonyl (C=O) groups excluding carboxylic acids is 1. The topological polar surface area (TPSA) is 52.3 Å². The van der Waals surface area contributed by atoms with Gasteiger partial charge in [-0.25, -0.2) is 0 Å². The highest BCUT2D eigenvalue weighted by Gasteiger charge is 2.17. The lowest BCUT2D eigenvalue weighted by Gasteiger charge is -2.08. The van der Waals surface area contributed by atoms with Gasteiger partial charge in [-0.3, -0.25) is 4.79 Å². The summed E-state index contributed by atoms with van der Waals surface area (Å²) in [7, 11) is 0. The van der Waals surface area contributed by atoms with Crippen LogP contribution in [-0.4, -0.2) is 18.0 Å². The number of nitrogens with zero attached hydrogens (tertiary/aromatic N) is 1. The quantitative estimate of drug-likeness (QED) is 0.794. The highest BCUT2D eigenvalue weighted by atomic mass is 35.5. The molecule has 0 aliphatic carbocycles. The first kappa shape index (κ1) is 12.6. The Bertz CT molecular complexity index is 578. The number of carbonyl (C=O) groups is 1. The van der Waals surface area contributed by atoms with E-state index in [2.05, 4.69) is 5.16 Å². The van der Waals surface area contributed by atoms with Crippen molar-refractivity contribution in [3.8, 4) is 17.1 Å². The molecular formula is C13H12ClNO3. The SMILES string of the molecule is CCOc1cc(Cl)ccc1-c1onc(C=O)c1C. The molecule has 0 aliphatic heterocycles. The van der Waals surface area contributed by atoms with Crippen molar-refractivity contribution in [3.63, 3.8) is 0 Å². The average Bonchev–Trinajstić information content (AvgIpc) is 2.71. The molecular weight excluding hydrogens is 254 g/mol. The first-order valence-electron chi connectivity index (χ1n) is 5.51. The molecule has 2 rings (SSSR count). The predicted molar refractivity (Wildman–Crippen MR) is 68.2 cm³/mol. The van der Waals surface area contributed by atoms with Gasteiger partial charge in [-0.2, -0.15) is 0 Å². The van der Waals surface area contributed by atoms with Crippen molar-refractivity contribution < 1.29 is 14.1 Å². The molecule has 0 amide bonds. The van der Waals surface area contributed by atoms with Gasteiger partial charge < -0.3 is 9.26 Å². The number of ether oxygens (including phenoxy) is 1. The molecule has 0 atom stereocenters. The molecule has 5 heteroatoms. The van der Waals surface area contributed by atoms with Gasteiger partial charge in [0.15, 0.2) is 12.0 Å². The van der Waals surface area contributed by atoms with E-state index in [1.54, 1.807) is 25.1 Å². The number of halogens is 1. The van der Waals surface area contributed by atoms with Crippen molar-refractivity contribution >= 4 is 17.9 Å². The molecule has 0 N–H and O–H groups in total. The van der Waals surface area contributed by atoms with Gasteiger partial charge >= 0.3 is 0 Å². The second kappa shape index (κ2) is 5.23. The van der Waals surface area contributed by atoms with E-state index in [0.717, 1.165) is 5.56 Å². The number of hydrogen-bond donors (Lipinski definition) is 0. The van der Waals surface area contributed by atoms with Crippen LogP contribution in [0.2, 0.25) is 5.02 Å². The van der Waals surface area contributed by atoms with Gasteiger partial charge in [0.25, 0.3) is 0 Å². The lowest BCUT2D eigenvalue weighted by atomic mass is 10.1. The Morgan fingerprint density at radius 2 is 2.28 bits per heavy atom. The fourth-order valence-corrected chi connectivity index (χ4v) is 1.83. The van der Waals surface area contributed by atoms with Gasteiger partial charge in [0, 0.05) is 10.6 Å². The van der Waals surface area contributed by atoms with Gasteiger partial charge in [-0.15, -0.1) is 0 Å². The third-order valence-corrected chi connectivity index (χ3v) is 2.79. The molecule has 0 aliphatic rings. The van der Waals surface area contributed by atoms with Crippen molar-refractivity contribution in [3.05, 3.63) is 34.5 Å². The molecule has 0 fully saturated rings. The second-order valence-electron chi connectivity index (χ2n) is 3.71. The van der Waals surface area contributed by atoms with Gasteiger partial charge in [-0.05, 0) is 32.0 Å². The summed E-state index contributed by atoms with van der Waals surface area (Å²) in [5.41, 5.74) is 1.72. The van der Waals surface area contributed by atoms with E-state index in [1.807, 2.05) is 6.92 Å². The molecule has 18 heavy (non-hydrogen) atoms. The Hall–Kier alpha value is -1.81. The fourth-order valence-electron chi connectivity index (χ4n) is 1.67. The van der Waals surface area contributed by atoms with Crippen LogP contribution in [0, 0.1) is 6.92 Å². The molecule has 4 nitrogen and oxygen atoms in total. The third-order valence-electron chi connectivity index (χ3n) is 2.56. The minimum atomic E-state index is 0.294. The van der Waals surface area contributed by atoms with Crippen molar-refractivity contribution in [2.45, 2.75) is 13.8 Å². The van der Waals surface area contributed by atoms with E-state index in [-0.39, 0.29) is 0 Å². The van der Waals surface area contributed by atoms with Crippen LogP contribution in [0.15, 0.2) is 22.7 Å². The maximum Gasteiger partial charge on any atom is 0.174 e. The van der Waals surface area contributed by atoms with Crippen LogP contribution in [0.3, 0.4) is 0 Å². The van der Waals surface area contributed by atoms with E-state index >= 15 is 0 Å².